The lowest BCUT2D eigenvalue weighted by atomic mass is 9.99. The number of H-pyrrole nitrogens is 1. The molecule has 1 aromatic heterocycles. The van der Waals surface area contributed by atoms with Crippen LogP contribution in [0.3, 0.4) is 0 Å². The van der Waals surface area contributed by atoms with Crippen molar-refractivity contribution in [3.63, 3.8) is 0 Å². The Bertz CT molecular complexity index is 850. The molecule has 1 amide bonds. The number of nitriles is 1. The lowest BCUT2D eigenvalue weighted by Gasteiger charge is -2.11. The molecule has 0 saturated heterocycles. The first-order valence-electron chi connectivity index (χ1n) is 7.11. The number of hydrogen-bond acceptors (Lipinski definition) is 3. The fourth-order valence-corrected chi connectivity index (χ4v) is 2.62. The van der Waals surface area contributed by atoms with Crippen molar-refractivity contribution in [2.75, 3.05) is 5.32 Å². The van der Waals surface area contributed by atoms with E-state index in [1.54, 1.807) is 38.1 Å². The summed E-state index contributed by atoms with van der Waals surface area (Å²) >= 11 is 6.00. The van der Waals surface area contributed by atoms with E-state index in [9.17, 15) is 9.59 Å². The van der Waals surface area contributed by atoms with Gasteiger partial charge in [0.15, 0.2) is 0 Å². The molecule has 0 aliphatic rings. The van der Waals surface area contributed by atoms with Crippen LogP contribution in [-0.2, 0) is 11.2 Å². The topological polar surface area (TPSA) is 85.8 Å². The molecule has 6 heteroatoms. The zero-order valence-corrected chi connectivity index (χ0v) is 13.6. The van der Waals surface area contributed by atoms with Gasteiger partial charge in [0, 0.05) is 12.1 Å². The van der Waals surface area contributed by atoms with E-state index in [0.717, 1.165) is 5.56 Å². The molecule has 0 saturated carbocycles. The number of carbonyl (C=O) groups is 1. The number of hydrogen-bond donors (Lipinski definition) is 2. The Balaban J connectivity index is 2.13. The van der Waals surface area contributed by atoms with E-state index in [1.165, 1.54) is 0 Å². The monoisotopic (exact) mass is 329 g/mol. The van der Waals surface area contributed by atoms with Gasteiger partial charge in [-0.1, -0.05) is 23.7 Å². The maximum absolute atomic E-state index is 12.1. The van der Waals surface area contributed by atoms with Gasteiger partial charge < -0.3 is 10.3 Å². The Hall–Kier alpha value is -2.58. The Morgan fingerprint density at radius 1 is 1.35 bits per heavy atom. The maximum Gasteiger partial charge on any atom is 0.266 e. The lowest BCUT2D eigenvalue weighted by Crippen LogP contribution is -2.18. The Morgan fingerprint density at radius 2 is 2.04 bits per heavy atom. The number of para-hydroxylation sites is 1. The van der Waals surface area contributed by atoms with Crippen LogP contribution >= 0.6 is 11.6 Å². The van der Waals surface area contributed by atoms with Gasteiger partial charge in [0.2, 0.25) is 5.91 Å². The first-order valence-corrected chi connectivity index (χ1v) is 7.48. The van der Waals surface area contributed by atoms with Gasteiger partial charge >= 0.3 is 0 Å². The number of carbonyl (C=O) groups excluding carboxylic acids is 1. The van der Waals surface area contributed by atoms with Crippen LogP contribution in [-0.4, -0.2) is 10.9 Å². The van der Waals surface area contributed by atoms with Gasteiger partial charge in [-0.15, -0.1) is 0 Å². The van der Waals surface area contributed by atoms with Crippen molar-refractivity contribution in [1.82, 2.24) is 4.98 Å². The number of nitrogens with zero attached hydrogens (tertiary/aromatic N) is 1. The van der Waals surface area contributed by atoms with Crippen LogP contribution < -0.4 is 10.9 Å². The predicted octanol–water partition coefficient (Wildman–Crippen LogP) is 3.09. The van der Waals surface area contributed by atoms with Crippen molar-refractivity contribution in [1.29, 1.82) is 5.26 Å². The Labute approximate surface area is 138 Å². The van der Waals surface area contributed by atoms with E-state index in [-0.39, 0.29) is 17.9 Å². The van der Waals surface area contributed by atoms with E-state index in [0.29, 0.717) is 28.4 Å². The molecule has 2 N–H and O–H groups in total. The number of rotatable bonds is 4. The molecule has 0 aliphatic heterocycles. The van der Waals surface area contributed by atoms with Crippen molar-refractivity contribution in [3.8, 4) is 6.07 Å². The van der Waals surface area contributed by atoms with Gasteiger partial charge in [-0.25, -0.2) is 0 Å². The molecule has 118 valence electrons. The highest BCUT2D eigenvalue weighted by molar-refractivity contribution is 6.33. The number of pyridine rings is 1. The number of amides is 1. The summed E-state index contributed by atoms with van der Waals surface area (Å²) in [6, 6.07) is 8.91. The van der Waals surface area contributed by atoms with Gasteiger partial charge in [0.1, 0.15) is 11.6 Å². The second kappa shape index (κ2) is 7.12. The van der Waals surface area contributed by atoms with Crippen LogP contribution in [0.4, 0.5) is 5.69 Å². The number of benzene rings is 1. The molecule has 0 aliphatic carbocycles. The minimum atomic E-state index is -0.397. The van der Waals surface area contributed by atoms with Gasteiger partial charge in [0.25, 0.3) is 5.56 Å². The zero-order chi connectivity index (χ0) is 17.0. The molecule has 0 bridgehead atoms. The molecule has 23 heavy (non-hydrogen) atoms. The van der Waals surface area contributed by atoms with Crippen LogP contribution in [0.1, 0.15) is 28.8 Å². The molecule has 0 unspecified atom stereocenters. The van der Waals surface area contributed by atoms with Crippen molar-refractivity contribution in [2.45, 2.75) is 26.7 Å². The molecule has 2 aromatic rings. The largest absolute Gasteiger partial charge is 0.325 e. The third-order valence-corrected chi connectivity index (χ3v) is 4.00. The van der Waals surface area contributed by atoms with E-state index in [2.05, 4.69) is 10.3 Å². The van der Waals surface area contributed by atoms with Crippen LogP contribution in [0.2, 0.25) is 5.02 Å². The fourth-order valence-electron chi connectivity index (χ4n) is 2.43. The summed E-state index contributed by atoms with van der Waals surface area (Å²) in [7, 11) is 0. The summed E-state index contributed by atoms with van der Waals surface area (Å²) in [6.07, 6.45) is 0.656. The molecule has 2 rings (SSSR count). The first kappa shape index (κ1) is 16.8. The maximum atomic E-state index is 12.1. The Kier molecular flexibility index (Phi) is 5.20. The third-order valence-electron chi connectivity index (χ3n) is 3.67. The Morgan fingerprint density at radius 3 is 2.70 bits per heavy atom. The average molecular weight is 330 g/mol. The van der Waals surface area contributed by atoms with Crippen molar-refractivity contribution >= 4 is 23.2 Å². The standard InChI is InChI=1S/C17H16ClN3O2/c1-10-12(11(2)20-17(23)13(10)9-19)7-8-16(22)21-15-6-4-3-5-14(15)18/h3-6H,7-8H2,1-2H3,(H,20,23)(H,21,22). The normalized spacial score (nSPS) is 10.2. The highest BCUT2D eigenvalue weighted by atomic mass is 35.5. The molecule has 0 radical (unpaired) electrons. The van der Waals surface area contributed by atoms with Crippen LogP contribution in [0, 0.1) is 25.2 Å². The van der Waals surface area contributed by atoms with Crippen molar-refractivity contribution < 1.29 is 4.79 Å². The summed E-state index contributed by atoms with van der Waals surface area (Å²) in [4.78, 5) is 26.4. The predicted molar refractivity (Wildman–Crippen MR) is 89.7 cm³/mol. The first-order chi connectivity index (χ1) is 10.9. The average Bonchev–Trinajstić information content (AvgIpc) is 2.49. The second-order valence-electron chi connectivity index (χ2n) is 5.20. The minimum Gasteiger partial charge on any atom is -0.325 e. The molecule has 0 fully saturated rings. The summed E-state index contributed by atoms with van der Waals surface area (Å²) in [6.45, 7) is 3.49. The molecule has 0 spiro atoms. The van der Waals surface area contributed by atoms with Crippen LogP contribution in [0.25, 0.3) is 0 Å². The van der Waals surface area contributed by atoms with Crippen LogP contribution in [0.15, 0.2) is 29.1 Å². The van der Waals surface area contributed by atoms with E-state index in [1.807, 2.05) is 6.07 Å². The summed E-state index contributed by atoms with van der Waals surface area (Å²) in [5.74, 6) is -0.179. The van der Waals surface area contributed by atoms with E-state index >= 15 is 0 Å². The quantitative estimate of drug-likeness (QED) is 0.903. The van der Waals surface area contributed by atoms with Gasteiger partial charge in [0.05, 0.1) is 10.7 Å². The minimum absolute atomic E-state index is 0.0945. The smallest absolute Gasteiger partial charge is 0.266 e. The third kappa shape index (κ3) is 3.79. The zero-order valence-electron chi connectivity index (χ0n) is 12.9. The number of nitrogens with one attached hydrogen (secondary N) is 2. The lowest BCUT2D eigenvalue weighted by molar-refractivity contribution is -0.116. The fraction of sp³-hybridized carbons (Fsp3) is 0.235. The van der Waals surface area contributed by atoms with Gasteiger partial charge in [-0.05, 0) is 43.5 Å². The van der Waals surface area contributed by atoms with Gasteiger partial charge in [-0.3, -0.25) is 9.59 Å². The summed E-state index contributed by atoms with van der Waals surface area (Å²) in [5, 5.41) is 12.3. The molecule has 5 nitrogen and oxygen atoms in total. The van der Waals surface area contributed by atoms with E-state index in [4.69, 9.17) is 16.9 Å². The number of halogens is 1. The van der Waals surface area contributed by atoms with Crippen molar-refractivity contribution in [2.24, 2.45) is 0 Å². The second-order valence-corrected chi connectivity index (χ2v) is 5.60. The molecule has 0 atom stereocenters. The van der Waals surface area contributed by atoms with Crippen LogP contribution in [0.5, 0.6) is 0 Å². The number of aromatic amines is 1. The summed E-state index contributed by atoms with van der Waals surface area (Å²) in [5.41, 5.74) is 2.38. The highest BCUT2D eigenvalue weighted by Gasteiger charge is 2.13. The number of aromatic nitrogens is 1. The number of anilines is 1. The SMILES string of the molecule is Cc1[nH]c(=O)c(C#N)c(C)c1CCC(=O)Nc1ccccc1Cl. The molecule has 1 aromatic carbocycles. The highest BCUT2D eigenvalue weighted by Crippen LogP contribution is 2.21. The van der Waals surface area contributed by atoms with E-state index < -0.39 is 5.56 Å². The van der Waals surface area contributed by atoms with Gasteiger partial charge in [-0.2, -0.15) is 5.26 Å². The molecular formula is C17H16ClN3O2. The van der Waals surface area contributed by atoms with Crippen molar-refractivity contribution in [3.05, 3.63) is 62.0 Å². The molecule has 1 heterocycles. The number of aryl methyl sites for hydroxylation is 1. The summed E-state index contributed by atoms with van der Waals surface area (Å²) < 4.78 is 0. The molecular weight excluding hydrogens is 314 g/mol.